The Balaban J connectivity index is 1.87. The van der Waals surface area contributed by atoms with Gasteiger partial charge < -0.3 is 0 Å². The van der Waals surface area contributed by atoms with Gasteiger partial charge in [0, 0.05) is 10.6 Å². The van der Waals surface area contributed by atoms with Crippen LogP contribution in [0.25, 0.3) is 10.2 Å². The van der Waals surface area contributed by atoms with Crippen molar-refractivity contribution >= 4 is 33.6 Å². The Morgan fingerprint density at radius 3 is 2.78 bits per heavy atom. The minimum atomic E-state index is 0.0946. The fraction of sp³-hybridized carbons (Fsp3) is 0.294. The maximum atomic E-state index is 4.38. The molecule has 0 saturated heterocycles. The van der Waals surface area contributed by atoms with Gasteiger partial charge >= 0.3 is 0 Å². The molecule has 23 heavy (non-hydrogen) atoms. The smallest absolute Gasteiger partial charge is 0.158 e. The van der Waals surface area contributed by atoms with E-state index in [1.54, 1.807) is 23.9 Å². The third-order valence-corrected chi connectivity index (χ3v) is 4.81. The molecule has 0 fully saturated rings. The first-order valence-electron chi connectivity index (χ1n) is 7.41. The van der Waals surface area contributed by atoms with Crippen LogP contribution in [0.15, 0.2) is 35.7 Å². The topological polar surface area (TPSA) is 63.1 Å². The van der Waals surface area contributed by atoms with Gasteiger partial charge in [0.05, 0.1) is 17.3 Å². The SMILES string of the molecule is Cc1cccc(/C=N\Nc2ncnc3sc(C(C)(C)C)cc23)n1. The Hall–Kier alpha value is -2.34. The van der Waals surface area contributed by atoms with Crippen LogP contribution in [-0.4, -0.2) is 21.2 Å². The van der Waals surface area contributed by atoms with Crippen LogP contribution < -0.4 is 5.43 Å². The average Bonchev–Trinajstić information content (AvgIpc) is 2.92. The molecule has 118 valence electrons. The van der Waals surface area contributed by atoms with Crippen molar-refractivity contribution in [2.75, 3.05) is 5.43 Å². The number of hydrazone groups is 1. The Labute approximate surface area is 139 Å². The fourth-order valence-electron chi connectivity index (χ4n) is 2.11. The highest BCUT2D eigenvalue weighted by Crippen LogP contribution is 2.35. The number of hydrogen-bond acceptors (Lipinski definition) is 6. The normalized spacial score (nSPS) is 12.2. The third kappa shape index (κ3) is 3.53. The lowest BCUT2D eigenvalue weighted by molar-refractivity contribution is 0.604. The maximum Gasteiger partial charge on any atom is 0.158 e. The van der Waals surface area contributed by atoms with Gasteiger partial charge in [-0.1, -0.05) is 26.8 Å². The molecule has 0 spiro atoms. The Bertz CT molecular complexity index is 861. The molecule has 0 amide bonds. The van der Waals surface area contributed by atoms with Crippen LogP contribution in [-0.2, 0) is 5.41 Å². The van der Waals surface area contributed by atoms with Crippen molar-refractivity contribution in [1.29, 1.82) is 0 Å². The molecule has 6 heteroatoms. The van der Waals surface area contributed by atoms with Crippen LogP contribution in [0.1, 0.15) is 37.0 Å². The number of nitrogens with zero attached hydrogens (tertiary/aromatic N) is 4. The molecule has 0 bridgehead atoms. The number of anilines is 1. The van der Waals surface area contributed by atoms with E-state index < -0.39 is 0 Å². The molecular formula is C17H19N5S. The molecule has 0 radical (unpaired) electrons. The monoisotopic (exact) mass is 325 g/mol. The van der Waals surface area contributed by atoms with Gasteiger partial charge in [0.25, 0.3) is 0 Å². The molecule has 3 rings (SSSR count). The number of hydrogen-bond donors (Lipinski definition) is 1. The number of pyridine rings is 1. The van der Waals surface area contributed by atoms with E-state index in [-0.39, 0.29) is 5.41 Å². The van der Waals surface area contributed by atoms with Gasteiger partial charge in [0.1, 0.15) is 11.2 Å². The molecule has 0 atom stereocenters. The molecule has 0 unspecified atom stereocenters. The van der Waals surface area contributed by atoms with E-state index in [0.717, 1.165) is 21.6 Å². The van der Waals surface area contributed by atoms with Crippen molar-refractivity contribution in [3.8, 4) is 0 Å². The summed E-state index contributed by atoms with van der Waals surface area (Å²) in [5.74, 6) is 0.714. The summed E-state index contributed by atoms with van der Waals surface area (Å²) in [6.07, 6.45) is 3.26. The van der Waals surface area contributed by atoms with Gasteiger partial charge in [0.15, 0.2) is 5.82 Å². The summed E-state index contributed by atoms with van der Waals surface area (Å²) in [6, 6.07) is 7.97. The van der Waals surface area contributed by atoms with Gasteiger partial charge in [-0.3, -0.25) is 10.4 Å². The largest absolute Gasteiger partial charge is 0.261 e. The standard InChI is InChI=1S/C17H19N5S/c1-11-6-5-7-12(21-11)9-20-22-15-13-8-14(17(2,3)4)23-16(13)19-10-18-15/h5-10H,1-4H3,(H,18,19,22)/b20-9-. The zero-order valence-corrected chi connectivity index (χ0v) is 14.5. The Morgan fingerprint density at radius 2 is 2.04 bits per heavy atom. The van der Waals surface area contributed by atoms with E-state index >= 15 is 0 Å². The van der Waals surface area contributed by atoms with E-state index in [1.807, 2.05) is 25.1 Å². The molecule has 0 aliphatic heterocycles. The van der Waals surface area contributed by atoms with Crippen LogP contribution in [0.2, 0.25) is 0 Å². The number of fused-ring (bicyclic) bond motifs is 1. The molecule has 3 aromatic rings. The molecule has 0 aliphatic carbocycles. The first kappa shape index (κ1) is 15.6. The van der Waals surface area contributed by atoms with Gasteiger partial charge in [0.2, 0.25) is 0 Å². The summed E-state index contributed by atoms with van der Waals surface area (Å²) in [5.41, 5.74) is 4.87. The quantitative estimate of drug-likeness (QED) is 0.581. The summed E-state index contributed by atoms with van der Waals surface area (Å²) in [6.45, 7) is 8.54. The first-order valence-corrected chi connectivity index (χ1v) is 8.23. The van der Waals surface area contributed by atoms with E-state index in [9.17, 15) is 0 Å². The van der Waals surface area contributed by atoms with Crippen LogP contribution in [0, 0.1) is 6.92 Å². The predicted molar refractivity (Wildman–Crippen MR) is 96.3 cm³/mol. The van der Waals surface area contributed by atoms with E-state index in [1.165, 1.54) is 4.88 Å². The van der Waals surface area contributed by atoms with Crippen LogP contribution in [0.4, 0.5) is 5.82 Å². The Kier molecular flexibility index (Phi) is 4.09. The van der Waals surface area contributed by atoms with E-state index in [4.69, 9.17) is 0 Å². The molecule has 5 nitrogen and oxygen atoms in total. The van der Waals surface area contributed by atoms with Gasteiger partial charge in [-0.15, -0.1) is 11.3 Å². The lowest BCUT2D eigenvalue weighted by Gasteiger charge is -2.14. The number of thiophene rings is 1. The maximum absolute atomic E-state index is 4.38. The number of nitrogens with one attached hydrogen (secondary N) is 1. The van der Waals surface area contributed by atoms with E-state index in [0.29, 0.717) is 5.82 Å². The summed E-state index contributed by atoms with van der Waals surface area (Å²) in [5, 5.41) is 5.25. The summed E-state index contributed by atoms with van der Waals surface area (Å²) in [4.78, 5) is 15.3. The molecule has 0 aliphatic rings. The van der Waals surface area contributed by atoms with Crippen molar-refractivity contribution in [3.05, 3.63) is 46.9 Å². The lowest BCUT2D eigenvalue weighted by atomic mass is 9.94. The van der Waals surface area contributed by atoms with Gasteiger partial charge in [-0.2, -0.15) is 5.10 Å². The number of aromatic nitrogens is 3. The first-order chi connectivity index (χ1) is 10.9. The summed E-state index contributed by atoms with van der Waals surface area (Å²) >= 11 is 1.69. The predicted octanol–water partition coefficient (Wildman–Crippen LogP) is 4.14. The summed E-state index contributed by atoms with van der Waals surface area (Å²) in [7, 11) is 0. The van der Waals surface area contributed by atoms with Crippen molar-refractivity contribution in [2.24, 2.45) is 5.10 Å². The number of aryl methyl sites for hydroxylation is 1. The van der Waals surface area contributed by atoms with Crippen molar-refractivity contribution in [2.45, 2.75) is 33.1 Å². The molecule has 3 heterocycles. The van der Waals surface area contributed by atoms with Crippen LogP contribution in [0.5, 0.6) is 0 Å². The minimum Gasteiger partial charge on any atom is -0.261 e. The average molecular weight is 325 g/mol. The van der Waals surface area contributed by atoms with Crippen molar-refractivity contribution in [3.63, 3.8) is 0 Å². The molecule has 3 aromatic heterocycles. The Morgan fingerprint density at radius 1 is 1.22 bits per heavy atom. The minimum absolute atomic E-state index is 0.0946. The molecule has 0 saturated carbocycles. The lowest BCUT2D eigenvalue weighted by Crippen LogP contribution is -2.07. The zero-order valence-electron chi connectivity index (χ0n) is 13.7. The highest BCUT2D eigenvalue weighted by molar-refractivity contribution is 7.18. The summed E-state index contributed by atoms with van der Waals surface area (Å²) < 4.78 is 0. The van der Waals surface area contributed by atoms with Gasteiger partial charge in [-0.25, -0.2) is 9.97 Å². The highest BCUT2D eigenvalue weighted by Gasteiger charge is 2.18. The second-order valence-corrected chi connectivity index (χ2v) is 7.41. The van der Waals surface area contributed by atoms with E-state index in [2.05, 4.69) is 52.3 Å². The van der Waals surface area contributed by atoms with Crippen LogP contribution >= 0.6 is 11.3 Å². The fourth-order valence-corrected chi connectivity index (χ4v) is 3.17. The van der Waals surface area contributed by atoms with Crippen molar-refractivity contribution in [1.82, 2.24) is 15.0 Å². The van der Waals surface area contributed by atoms with Crippen molar-refractivity contribution < 1.29 is 0 Å². The number of rotatable bonds is 3. The molecule has 0 aromatic carbocycles. The third-order valence-electron chi connectivity index (χ3n) is 3.35. The highest BCUT2D eigenvalue weighted by atomic mass is 32.1. The van der Waals surface area contributed by atoms with Crippen LogP contribution in [0.3, 0.4) is 0 Å². The molecular weight excluding hydrogens is 306 g/mol. The second-order valence-electron chi connectivity index (χ2n) is 6.38. The molecule has 1 N–H and O–H groups in total. The zero-order chi connectivity index (χ0) is 16.4. The van der Waals surface area contributed by atoms with Gasteiger partial charge in [-0.05, 0) is 30.5 Å². The second kappa shape index (κ2) is 6.04.